The van der Waals surface area contributed by atoms with Crippen LogP contribution in [0.15, 0.2) is 52.2 Å². The van der Waals surface area contributed by atoms with Crippen LogP contribution < -0.4 is 5.32 Å². The van der Waals surface area contributed by atoms with Crippen LogP contribution in [-0.4, -0.2) is 32.0 Å². The van der Waals surface area contributed by atoms with E-state index >= 15 is 0 Å². The smallest absolute Gasteiger partial charge is 0.231 e. The zero-order chi connectivity index (χ0) is 21.1. The van der Waals surface area contributed by atoms with Crippen molar-refractivity contribution in [3.63, 3.8) is 0 Å². The zero-order valence-electron chi connectivity index (χ0n) is 17.0. The normalized spacial score (nSPS) is 15.4. The molecule has 0 saturated heterocycles. The molecule has 1 aliphatic carbocycles. The molecule has 1 amide bonds. The van der Waals surface area contributed by atoms with Crippen molar-refractivity contribution >= 4 is 17.7 Å². The standard InChI is InChI=1S/C22H23N5O2S/c1-15-18(10-11-29-15)20-25-26-21(27(20)12-16-6-4-3-5-7-16)30-13-19(28)24-22(2,14-23)17-8-9-17/h3-7,10-11,17H,8-9,12-13H2,1-2H3,(H,24,28). The molecular formula is C22H23N5O2S. The lowest BCUT2D eigenvalue weighted by molar-refractivity contribution is -0.119. The quantitative estimate of drug-likeness (QED) is 0.556. The van der Waals surface area contributed by atoms with Crippen molar-refractivity contribution < 1.29 is 9.21 Å². The number of carbonyl (C=O) groups excluding carboxylic acids is 1. The first-order chi connectivity index (χ1) is 14.5. The number of furan rings is 1. The summed E-state index contributed by atoms with van der Waals surface area (Å²) in [4.78, 5) is 12.5. The van der Waals surface area contributed by atoms with Gasteiger partial charge in [0.05, 0.1) is 30.2 Å². The fraction of sp³-hybridized carbons (Fsp3) is 0.364. The van der Waals surface area contributed by atoms with Crippen LogP contribution >= 0.6 is 11.8 Å². The van der Waals surface area contributed by atoms with Gasteiger partial charge in [-0.05, 0) is 44.2 Å². The SMILES string of the molecule is Cc1occc1-c1nnc(SCC(=O)NC(C)(C#N)C2CC2)n1Cc1ccccc1. The monoisotopic (exact) mass is 421 g/mol. The topological polar surface area (TPSA) is 96.7 Å². The van der Waals surface area contributed by atoms with Gasteiger partial charge in [0.25, 0.3) is 0 Å². The lowest BCUT2D eigenvalue weighted by Gasteiger charge is -2.22. The highest BCUT2D eigenvalue weighted by Crippen LogP contribution is 2.39. The molecule has 1 aromatic carbocycles. The summed E-state index contributed by atoms with van der Waals surface area (Å²) in [5.74, 6) is 1.70. The Balaban J connectivity index is 1.54. The van der Waals surface area contributed by atoms with Gasteiger partial charge in [-0.15, -0.1) is 10.2 Å². The van der Waals surface area contributed by atoms with Crippen LogP contribution in [0.4, 0.5) is 0 Å². The van der Waals surface area contributed by atoms with Crippen LogP contribution in [-0.2, 0) is 11.3 Å². The molecule has 8 heteroatoms. The molecular weight excluding hydrogens is 398 g/mol. The number of hydrogen-bond donors (Lipinski definition) is 1. The van der Waals surface area contributed by atoms with Gasteiger partial charge < -0.3 is 9.73 Å². The third-order valence-electron chi connectivity index (χ3n) is 5.36. The average molecular weight is 422 g/mol. The van der Waals surface area contributed by atoms with Crippen LogP contribution in [0.25, 0.3) is 11.4 Å². The number of rotatable bonds is 8. The highest BCUT2D eigenvalue weighted by atomic mass is 32.2. The minimum Gasteiger partial charge on any atom is -0.469 e. The lowest BCUT2D eigenvalue weighted by atomic mass is 9.98. The molecule has 2 aromatic heterocycles. The second kappa shape index (κ2) is 8.36. The number of thioether (sulfide) groups is 1. The van der Waals surface area contributed by atoms with Crippen LogP contribution in [0.5, 0.6) is 0 Å². The first kappa shape index (κ1) is 20.2. The Bertz CT molecular complexity index is 1080. The summed E-state index contributed by atoms with van der Waals surface area (Å²) in [6, 6.07) is 14.2. The molecule has 7 nitrogen and oxygen atoms in total. The fourth-order valence-electron chi connectivity index (χ4n) is 3.46. The Kier molecular flexibility index (Phi) is 5.64. The van der Waals surface area contributed by atoms with Crippen LogP contribution in [0.1, 0.15) is 31.1 Å². The fourth-order valence-corrected chi connectivity index (χ4v) is 4.20. The highest BCUT2D eigenvalue weighted by Gasteiger charge is 2.43. The Morgan fingerprint density at radius 2 is 2.10 bits per heavy atom. The first-order valence-electron chi connectivity index (χ1n) is 9.87. The van der Waals surface area contributed by atoms with Gasteiger partial charge in [-0.25, -0.2) is 0 Å². The summed E-state index contributed by atoms with van der Waals surface area (Å²) in [5, 5.41) is 21.7. The van der Waals surface area contributed by atoms with E-state index in [1.807, 2.05) is 47.9 Å². The van der Waals surface area contributed by atoms with Crippen molar-refractivity contribution in [2.24, 2.45) is 5.92 Å². The zero-order valence-corrected chi connectivity index (χ0v) is 17.8. The minimum absolute atomic E-state index is 0.168. The Morgan fingerprint density at radius 3 is 2.73 bits per heavy atom. The van der Waals surface area contributed by atoms with Gasteiger partial charge in [-0.2, -0.15) is 5.26 Å². The summed E-state index contributed by atoms with van der Waals surface area (Å²) in [6.45, 7) is 4.26. The number of hydrogen-bond acceptors (Lipinski definition) is 6. The second-order valence-electron chi connectivity index (χ2n) is 7.69. The molecule has 30 heavy (non-hydrogen) atoms. The van der Waals surface area contributed by atoms with Crippen molar-refractivity contribution in [3.8, 4) is 17.5 Å². The van der Waals surface area contributed by atoms with E-state index in [4.69, 9.17) is 4.42 Å². The van der Waals surface area contributed by atoms with Gasteiger partial charge in [0.2, 0.25) is 5.91 Å². The number of aromatic nitrogens is 3. The molecule has 0 bridgehead atoms. The lowest BCUT2D eigenvalue weighted by Crippen LogP contribution is -2.47. The van der Waals surface area contributed by atoms with Crippen molar-refractivity contribution in [2.75, 3.05) is 5.75 Å². The number of amides is 1. The molecule has 1 saturated carbocycles. The first-order valence-corrected chi connectivity index (χ1v) is 10.9. The van der Waals surface area contributed by atoms with Crippen LogP contribution in [0.3, 0.4) is 0 Å². The number of benzene rings is 1. The predicted octanol–water partition coefficient (Wildman–Crippen LogP) is 3.80. The van der Waals surface area contributed by atoms with E-state index in [-0.39, 0.29) is 17.6 Å². The van der Waals surface area contributed by atoms with Crippen LogP contribution in [0, 0.1) is 24.2 Å². The van der Waals surface area contributed by atoms with E-state index in [1.54, 1.807) is 13.2 Å². The second-order valence-corrected chi connectivity index (χ2v) is 8.64. The maximum atomic E-state index is 12.5. The summed E-state index contributed by atoms with van der Waals surface area (Å²) in [7, 11) is 0. The van der Waals surface area contributed by atoms with Crippen molar-refractivity contribution in [3.05, 3.63) is 54.0 Å². The molecule has 1 unspecified atom stereocenters. The highest BCUT2D eigenvalue weighted by molar-refractivity contribution is 7.99. The molecule has 1 fully saturated rings. The molecule has 0 spiro atoms. The summed E-state index contributed by atoms with van der Waals surface area (Å²) >= 11 is 1.32. The van der Waals surface area contributed by atoms with E-state index < -0.39 is 5.54 Å². The number of carbonyl (C=O) groups is 1. The number of nitrogens with one attached hydrogen (secondary N) is 1. The predicted molar refractivity (Wildman–Crippen MR) is 114 cm³/mol. The third-order valence-corrected chi connectivity index (χ3v) is 6.32. The summed E-state index contributed by atoms with van der Waals surface area (Å²) in [5.41, 5.74) is 1.19. The van der Waals surface area contributed by atoms with Crippen LogP contribution in [0.2, 0.25) is 0 Å². The van der Waals surface area contributed by atoms with E-state index in [1.165, 1.54) is 11.8 Å². The summed E-state index contributed by atoms with van der Waals surface area (Å²) < 4.78 is 7.44. The maximum Gasteiger partial charge on any atom is 0.231 e. The van der Waals surface area contributed by atoms with Gasteiger partial charge >= 0.3 is 0 Å². The van der Waals surface area contributed by atoms with Gasteiger partial charge in [0.15, 0.2) is 11.0 Å². The van der Waals surface area contributed by atoms with Crippen molar-refractivity contribution in [1.29, 1.82) is 5.26 Å². The molecule has 0 radical (unpaired) electrons. The van der Waals surface area contributed by atoms with Gasteiger partial charge in [0, 0.05) is 0 Å². The average Bonchev–Trinajstić information content (AvgIpc) is 3.43. The molecule has 4 rings (SSSR count). The largest absolute Gasteiger partial charge is 0.469 e. The van der Waals surface area contributed by atoms with Crippen molar-refractivity contribution in [2.45, 2.75) is 43.9 Å². The molecule has 2 heterocycles. The maximum absolute atomic E-state index is 12.5. The minimum atomic E-state index is -0.797. The van der Waals surface area contributed by atoms with E-state index in [0.29, 0.717) is 17.5 Å². The Hall–Kier alpha value is -3.05. The van der Waals surface area contributed by atoms with Gasteiger partial charge in [-0.3, -0.25) is 9.36 Å². The number of nitriles is 1. The number of nitrogens with zero attached hydrogens (tertiary/aromatic N) is 4. The molecule has 154 valence electrons. The molecule has 1 N–H and O–H groups in total. The van der Waals surface area contributed by atoms with Crippen molar-refractivity contribution in [1.82, 2.24) is 20.1 Å². The summed E-state index contributed by atoms with van der Waals surface area (Å²) in [6.07, 6.45) is 3.60. The number of aryl methyl sites for hydroxylation is 1. The molecule has 0 aliphatic heterocycles. The van der Waals surface area contributed by atoms with Gasteiger partial charge in [-0.1, -0.05) is 42.1 Å². The van der Waals surface area contributed by atoms with E-state index in [0.717, 1.165) is 29.7 Å². The molecule has 1 aliphatic rings. The van der Waals surface area contributed by atoms with E-state index in [2.05, 4.69) is 21.6 Å². The Morgan fingerprint density at radius 1 is 1.33 bits per heavy atom. The third kappa shape index (κ3) is 4.26. The Labute approximate surface area is 179 Å². The van der Waals surface area contributed by atoms with Gasteiger partial charge in [0.1, 0.15) is 11.3 Å². The molecule has 1 atom stereocenters. The molecule has 3 aromatic rings. The van der Waals surface area contributed by atoms with E-state index in [9.17, 15) is 10.1 Å².